The molecule has 1 aromatic carbocycles. The number of benzene rings is 1. The predicted octanol–water partition coefficient (Wildman–Crippen LogP) is 5.48. The van der Waals surface area contributed by atoms with Crippen molar-refractivity contribution >= 4 is 33.4 Å². The van der Waals surface area contributed by atoms with Gasteiger partial charge in [0.1, 0.15) is 5.60 Å². The topological polar surface area (TPSA) is 162 Å². The number of aryl methyl sites for hydroxylation is 1. The summed E-state index contributed by atoms with van der Waals surface area (Å²) in [5.74, 6) is 0.00191. The predicted molar refractivity (Wildman–Crippen MR) is 135 cm³/mol. The molecule has 1 unspecified atom stereocenters. The van der Waals surface area contributed by atoms with E-state index in [-0.39, 0.29) is 25.0 Å². The zero-order valence-electron chi connectivity index (χ0n) is 19.9. The molecule has 1 aliphatic carbocycles. The monoisotopic (exact) mass is 507 g/mol. The Kier molecular flexibility index (Phi) is 7.44. The Labute approximate surface area is 210 Å². The van der Waals surface area contributed by atoms with E-state index in [2.05, 4.69) is 25.2 Å². The minimum atomic E-state index is -1.31. The maximum absolute atomic E-state index is 13.5. The molecule has 3 aromatic rings. The van der Waals surface area contributed by atoms with Gasteiger partial charge >= 0.3 is 6.09 Å². The highest BCUT2D eigenvalue weighted by atomic mass is 32.1. The van der Waals surface area contributed by atoms with E-state index in [1.807, 2.05) is 41.5 Å². The second-order valence-corrected chi connectivity index (χ2v) is 9.69. The normalized spacial score (nSPS) is 16.2. The maximum Gasteiger partial charge on any atom is 0.435 e. The van der Waals surface area contributed by atoms with Crippen LogP contribution >= 0.6 is 11.3 Å². The number of ether oxygens (including phenoxy) is 1. The van der Waals surface area contributed by atoms with Gasteiger partial charge in [-0.25, -0.2) is 4.79 Å². The molecule has 0 bridgehead atoms. The first-order valence-corrected chi connectivity index (χ1v) is 12.4. The highest BCUT2D eigenvalue weighted by Crippen LogP contribution is 2.30. The van der Waals surface area contributed by atoms with Crippen LogP contribution in [0.25, 0.3) is 31.0 Å². The van der Waals surface area contributed by atoms with Gasteiger partial charge in [-0.1, -0.05) is 28.4 Å². The molecule has 2 heterocycles. The molecule has 36 heavy (non-hydrogen) atoms. The molecular formula is C23H25N9O3S. The average Bonchev–Trinajstić information content (AvgIpc) is 3.51. The van der Waals surface area contributed by atoms with Crippen LogP contribution in [0.2, 0.25) is 0 Å². The number of nitrogens with zero attached hydrogens (tertiary/aromatic N) is 9. The van der Waals surface area contributed by atoms with Crippen LogP contribution < -0.4 is 0 Å². The molecule has 13 heteroatoms. The van der Waals surface area contributed by atoms with E-state index in [9.17, 15) is 9.59 Å². The Morgan fingerprint density at radius 3 is 2.69 bits per heavy atom. The number of hydrogen-bond donors (Lipinski definition) is 0. The molecule has 0 saturated carbocycles. The van der Waals surface area contributed by atoms with E-state index in [0.29, 0.717) is 24.9 Å². The van der Waals surface area contributed by atoms with Crippen molar-refractivity contribution in [3.8, 4) is 0 Å². The van der Waals surface area contributed by atoms with E-state index >= 15 is 0 Å². The third-order valence-corrected chi connectivity index (χ3v) is 7.22. The lowest BCUT2D eigenvalue weighted by molar-refractivity contribution is 0.0369. The molecule has 0 N–H and O–H groups in total. The van der Waals surface area contributed by atoms with Gasteiger partial charge in [0.2, 0.25) is 0 Å². The van der Waals surface area contributed by atoms with Gasteiger partial charge in [0.25, 0.3) is 5.91 Å². The van der Waals surface area contributed by atoms with Gasteiger partial charge in [-0.2, -0.15) is 9.78 Å². The van der Waals surface area contributed by atoms with Gasteiger partial charge in [0.15, 0.2) is 0 Å². The maximum atomic E-state index is 13.5. The largest absolute Gasteiger partial charge is 0.441 e. The van der Waals surface area contributed by atoms with Crippen LogP contribution in [0, 0.1) is 0 Å². The molecule has 0 saturated heterocycles. The van der Waals surface area contributed by atoms with Gasteiger partial charge < -0.3 is 9.64 Å². The molecule has 4 rings (SSSR count). The number of thiophene rings is 1. The first-order chi connectivity index (χ1) is 17.4. The summed E-state index contributed by atoms with van der Waals surface area (Å²) in [6, 6.07) is 7.86. The Balaban J connectivity index is 1.50. The van der Waals surface area contributed by atoms with E-state index in [4.69, 9.17) is 15.8 Å². The number of azide groups is 2. The summed E-state index contributed by atoms with van der Waals surface area (Å²) in [4.78, 5) is 33.6. The molecule has 2 aromatic heterocycles. The summed E-state index contributed by atoms with van der Waals surface area (Å²) in [7, 11) is 0. The molecule has 0 aliphatic heterocycles. The first-order valence-electron chi connectivity index (χ1n) is 11.5. The van der Waals surface area contributed by atoms with Crippen LogP contribution in [-0.4, -0.2) is 58.0 Å². The molecule has 1 atom stereocenters. The fourth-order valence-corrected chi connectivity index (χ4v) is 5.38. The number of carbonyl (C=O) groups excluding carboxylic acids is 2. The number of carbonyl (C=O) groups is 2. The van der Waals surface area contributed by atoms with Gasteiger partial charge in [0.05, 0.1) is 24.3 Å². The Morgan fingerprint density at radius 2 is 2.00 bits per heavy atom. The van der Waals surface area contributed by atoms with Crippen molar-refractivity contribution in [2.75, 3.05) is 19.6 Å². The fourth-order valence-electron chi connectivity index (χ4n) is 4.45. The standard InChI is InChI=1S/C23H25N9O3S/c1-3-31(21(33)18-12-36-20-7-5-4-6-17(18)20)16-8-9-19-15(10-16)11-32(28-19)22(34)35-23(2,13-26-29-24)14-27-30-25/h4-7,11-12,16H,3,8-10,13-14H2,1-2H3. The first kappa shape index (κ1) is 25.1. The number of hydrogen-bond acceptors (Lipinski definition) is 7. The van der Waals surface area contributed by atoms with Gasteiger partial charge in [0, 0.05) is 44.1 Å². The summed E-state index contributed by atoms with van der Waals surface area (Å²) >= 11 is 1.56. The summed E-state index contributed by atoms with van der Waals surface area (Å²) in [5.41, 5.74) is 18.3. The number of rotatable bonds is 8. The van der Waals surface area contributed by atoms with Crippen LogP contribution in [0.15, 0.2) is 46.1 Å². The number of likely N-dealkylation sites (N-methyl/N-ethyl adjacent to an activating group) is 1. The Morgan fingerprint density at radius 1 is 1.28 bits per heavy atom. The number of amides is 1. The second kappa shape index (κ2) is 10.7. The molecule has 1 aliphatic rings. The van der Waals surface area contributed by atoms with Crippen molar-refractivity contribution < 1.29 is 14.3 Å². The fraction of sp³-hybridized carbons (Fsp3) is 0.435. The Bertz CT molecular complexity index is 1360. The van der Waals surface area contributed by atoms with E-state index in [0.717, 1.165) is 32.4 Å². The van der Waals surface area contributed by atoms with Gasteiger partial charge in [-0.05, 0) is 55.8 Å². The number of fused-ring (bicyclic) bond motifs is 2. The van der Waals surface area contributed by atoms with Crippen LogP contribution in [0.4, 0.5) is 4.79 Å². The lowest BCUT2D eigenvalue weighted by Crippen LogP contribution is -2.43. The summed E-state index contributed by atoms with van der Waals surface area (Å²) in [6.45, 7) is 3.67. The van der Waals surface area contributed by atoms with Crippen LogP contribution in [0.1, 0.15) is 41.9 Å². The smallest absolute Gasteiger partial charge is 0.435 e. The second-order valence-electron chi connectivity index (χ2n) is 8.77. The average molecular weight is 508 g/mol. The minimum Gasteiger partial charge on any atom is -0.441 e. The highest BCUT2D eigenvalue weighted by molar-refractivity contribution is 7.17. The third kappa shape index (κ3) is 5.13. The highest BCUT2D eigenvalue weighted by Gasteiger charge is 2.32. The quantitative estimate of drug-likeness (QED) is 0.224. The van der Waals surface area contributed by atoms with Crippen molar-refractivity contribution in [3.05, 3.63) is 73.5 Å². The molecule has 1 amide bonds. The van der Waals surface area contributed by atoms with Crippen molar-refractivity contribution in [2.24, 2.45) is 10.2 Å². The molecule has 0 fully saturated rings. The SMILES string of the molecule is CCN(C(=O)c1csc2ccccc12)C1CCc2nn(C(=O)OC(C)(CN=[N+]=[N-])CN=[N+]=[N-])cc2C1. The Hall–Kier alpha value is -4.05. The van der Waals surface area contributed by atoms with Gasteiger partial charge in [-0.15, -0.1) is 11.3 Å². The van der Waals surface area contributed by atoms with E-state index < -0.39 is 11.7 Å². The molecule has 12 nitrogen and oxygen atoms in total. The summed E-state index contributed by atoms with van der Waals surface area (Å²) in [6.07, 6.45) is 2.76. The minimum absolute atomic E-state index is 0.00191. The van der Waals surface area contributed by atoms with Crippen LogP contribution in [-0.2, 0) is 17.6 Å². The van der Waals surface area contributed by atoms with E-state index in [1.54, 1.807) is 17.5 Å². The van der Waals surface area contributed by atoms with Crippen molar-refractivity contribution in [1.29, 1.82) is 0 Å². The van der Waals surface area contributed by atoms with Gasteiger partial charge in [-0.3, -0.25) is 4.79 Å². The van der Waals surface area contributed by atoms with Crippen molar-refractivity contribution in [2.45, 2.75) is 44.8 Å². The molecule has 186 valence electrons. The molecular weight excluding hydrogens is 482 g/mol. The zero-order valence-corrected chi connectivity index (χ0v) is 20.8. The zero-order chi connectivity index (χ0) is 25.7. The molecule has 0 radical (unpaired) electrons. The lowest BCUT2D eigenvalue weighted by atomic mass is 9.92. The summed E-state index contributed by atoms with van der Waals surface area (Å²) < 4.78 is 7.69. The molecule has 0 spiro atoms. The van der Waals surface area contributed by atoms with Crippen LogP contribution in [0.3, 0.4) is 0 Å². The van der Waals surface area contributed by atoms with Crippen molar-refractivity contribution in [1.82, 2.24) is 14.7 Å². The van der Waals surface area contributed by atoms with Crippen molar-refractivity contribution in [3.63, 3.8) is 0 Å². The summed E-state index contributed by atoms with van der Waals surface area (Å²) in [5, 5.41) is 14.2. The lowest BCUT2D eigenvalue weighted by Gasteiger charge is -2.33. The van der Waals surface area contributed by atoms with Crippen LogP contribution in [0.5, 0.6) is 0 Å². The third-order valence-electron chi connectivity index (χ3n) is 6.26. The number of aromatic nitrogens is 2. The van der Waals surface area contributed by atoms with E-state index in [1.165, 1.54) is 6.92 Å².